The van der Waals surface area contributed by atoms with Gasteiger partial charge in [-0.3, -0.25) is 9.59 Å². The SMILES string of the molecule is CC[C@H]1Oc2ccc(NC(=O)c3cccc(C(F)(F)F)c3)cc2CN(Cc2ccccc2)C1=O. The van der Waals surface area contributed by atoms with Crippen LogP contribution in [0.4, 0.5) is 18.9 Å². The van der Waals surface area contributed by atoms with Crippen LogP contribution in [0.2, 0.25) is 0 Å². The summed E-state index contributed by atoms with van der Waals surface area (Å²) >= 11 is 0. The molecule has 1 heterocycles. The third kappa shape index (κ3) is 5.22. The van der Waals surface area contributed by atoms with Crippen LogP contribution in [0.3, 0.4) is 0 Å². The fraction of sp³-hybridized carbons (Fsp3) is 0.231. The molecule has 0 saturated heterocycles. The van der Waals surface area contributed by atoms with E-state index < -0.39 is 23.8 Å². The van der Waals surface area contributed by atoms with Crippen LogP contribution in [0.5, 0.6) is 5.75 Å². The predicted octanol–water partition coefficient (Wildman–Crippen LogP) is 5.66. The zero-order chi connectivity index (χ0) is 24.3. The van der Waals surface area contributed by atoms with Crippen molar-refractivity contribution in [3.63, 3.8) is 0 Å². The van der Waals surface area contributed by atoms with Gasteiger partial charge in [0.05, 0.1) is 5.56 Å². The van der Waals surface area contributed by atoms with Gasteiger partial charge in [0.2, 0.25) is 0 Å². The number of carbonyl (C=O) groups is 2. The van der Waals surface area contributed by atoms with Crippen LogP contribution in [0, 0.1) is 0 Å². The van der Waals surface area contributed by atoms with Crippen molar-refractivity contribution in [3.05, 3.63) is 95.1 Å². The lowest BCUT2D eigenvalue weighted by Crippen LogP contribution is -2.38. The van der Waals surface area contributed by atoms with Gasteiger partial charge in [0.25, 0.3) is 11.8 Å². The lowest BCUT2D eigenvalue weighted by Gasteiger charge is -2.23. The van der Waals surface area contributed by atoms with E-state index in [2.05, 4.69) is 5.32 Å². The van der Waals surface area contributed by atoms with Crippen LogP contribution in [0.1, 0.15) is 40.4 Å². The first kappa shape index (κ1) is 23.4. The topological polar surface area (TPSA) is 58.6 Å². The summed E-state index contributed by atoms with van der Waals surface area (Å²) in [5.74, 6) is -0.255. The number of nitrogens with zero attached hydrogens (tertiary/aromatic N) is 1. The molecule has 1 atom stereocenters. The molecule has 0 saturated carbocycles. The molecule has 1 aliphatic heterocycles. The molecular weight excluding hydrogens is 445 g/mol. The van der Waals surface area contributed by atoms with Crippen LogP contribution in [-0.2, 0) is 24.1 Å². The minimum atomic E-state index is -4.54. The Bertz CT molecular complexity index is 1200. The quantitative estimate of drug-likeness (QED) is 0.526. The fourth-order valence-corrected chi connectivity index (χ4v) is 3.82. The molecule has 8 heteroatoms. The monoisotopic (exact) mass is 468 g/mol. The van der Waals surface area contributed by atoms with Crippen molar-refractivity contribution >= 4 is 17.5 Å². The Balaban J connectivity index is 1.58. The molecule has 34 heavy (non-hydrogen) atoms. The summed E-state index contributed by atoms with van der Waals surface area (Å²) in [7, 11) is 0. The number of ether oxygens (including phenoxy) is 1. The van der Waals surface area contributed by atoms with Crippen molar-refractivity contribution in [3.8, 4) is 5.75 Å². The number of anilines is 1. The standard InChI is InChI=1S/C26H23F3N2O3/c1-2-22-25(33)31(15-17-7-4-3-5-8-17)16-19-14-21(11-12-23(19)34-22)30-24(32)18-9-6-10-20(13-18)26(27,28)29/h3-14,22H,2,15-16H2,1H3,(H,30,32)/t22-/m1/s1. The molecule has 5 nitrogen and oxygen atoms in total. The number of halogens is 3. The molecular formula is C26H23F3N2O3. The largest absolute Gasteiger partial charge is 0.480 e. The van der Waals surface area contributed by atoms with Gasteiger partial charge in [-0.1, -0.05) is 43.3 Å². The van der Waals surface area contributed by atoms with Crippen molar-refractivity contribution in [2.75, 3.05) is 5.32 Å². The second-order valence-electron chi connectivity index (χ2n) is 8.05. The molecule has 0 bridgehead atoms. The Morgan fingerprint density at radius 3 is 2.53 bits per heavy atom. The second kappa shape index (κ2) is 9.59. The summed E-state index contributed by atoms with van der Waals surface area (Å²) in [5.41, 5.74) is 1.07. The van der Waals surface area contributed by atoms with Crippen LogP contribution in [-0.4, -0.2) is 22.8 Å². The van der Waals surface area contributed by atoms with Crippen LogP contribution < -0.4 is 10.1 Å². The van der Waals surface area contributed by atoms with Gasteiger partial charge in [-0.2, -0.15) is 13.2 Å². The van der Waals surface area contributed by atoms with Crippen LogP contribution in [0.25, 0.3) is 0 Å². The van der Waals surface area contributed by atoms with Gasteiger partial charge in [0.1, 0.15) is 5.75 Å². The summed E-state index contributed by atoms with van der Waals surface area (Å²) in [6.07, 6.45) is -4.67. The Morgan fingerprint density at radius 2 is 1.82 bits per heavy atom. The molecule has 4 rings (SSSR count). The van der Waals surface area contributed by atoms with E-state index >= 15 is 0 Å². The molecule has 3 aromatic carbocycles. The molecule has 0 aromatic heterocycles. The first-order valence-electron chi connectivity index (χ1n) is 10.9. The average molecular weight is 468 g/mol. The molecule has 0 unspecified atom stereocenters. The Morgan fingerprint density at radius 1 is 1.06 bits per heavy atom. The van der Waals surface area contributed by atoms with Crippen molar-refractivity contribution in [1.29, 1.82) is 0 Å². The third-order valence-corrected chi connectivity index (χ3v) is 5.58. The molecule has 3 aromatic rings. The smallest absolute Gasteiger partial charge is 0.416 e. The van der Waals surface area contributed by atoms with E-state index in [1.165, 1.54) is 12.1 Å². The maximum atomic E-state index is 13.0. The number of alkyl halides is 3. The summed E-state index contributed by atoms with van der Waals surface area (Å²) < 4.78 is 44.9. The second-order valence-corrected chi connectivity index (χ2v) is 8.05. The third-order valence-electron chi connectivity index (χ3n) is 5.58. The predicted molar refractivity (Wildman–Crippen MR) is 121 cm³/mol. The number of hydrogen-bond donors (Lipinski definition) is 1. The molecule has 1 N–H and O–H groups in total. The van der Waals surface area contributed by atoms with E-state index in [-0.39, 0.29) is 18.0 Å². The van der Waals surface area contributed by atoms with Crippen molar-refractivity contribution < 1.29 is 27.5 Å². The zero-order valence-corrected chi connectivity index (χ0v) is 18.4. The van der Waals surface area contributed by atoms with Crippen molar-refractivity contribution in [1.82, 2.24) is 4.90 Å². The molecule has 0 aliphatic carbocycles. The highest BCUT2D eigenvalue weighted by Crippen LogP contribution is 2.31. The van der Waals surface area contributed by atoms with Gasteiger partial charge in [0.15, 0.2) is 6.10 Å². The molecule has 0 radical (unpaired) electrons. The van der Waals surface area contributed by atoms with Gasteiger partial charge < -0.3 is 15.0 Å². The van der Waals surface area contributed by atoms with Gasteiger partial charge in [-0.15, -0.1) is 0 Å². The Hall–Kier alpha value is -3.81. The average Bonchev–Trinajstić information content (AvgIpc) is 2.95. The minimum absolute atomic E-state index is 0.104. The Labute approximate surface area is 195 Å². The van der Waals surface area contributed by atoms with Crippen molar-refractivity contribution in [2.24, 2.45) is 0 Å². The summed E-state index contributed by atoms with van der Waals surface area (Å²) in [5, 5.41) is 2.64. The molecule has 176 valence electrons. The van der Waals surface area contributed by atoms with E-state index in [1.807, 2.05) is 37.3 Å². The van der Waals surface area contributed by atoms with Crippen LogP contribution >= 0.6 is 0 Å². The summed E-state index contributed by atoms with van der Waals surface area (Å²) in [6.45, 7) is 2.55. The van der Waals surface area contributed by atoms with E-state index in [0.717, 1.165) is 17.7 Å². The number of fused-ring (bicyclic) bond motifs is 1. The lowest BCUT2D eigenvalue weighted by atomic mass is 10.1. The maximum Gasteiger partial charge on any atom is 0.416 e. The van der Waals surface area contributed by atoms with Gasteiger partial charge >= 0.3 is 6.18 Å². The first-order chi connectivity index (χ1) is 16.2. The van der Waals surface area contributed by atoms with Crippen molar-refractivity contribution in [2.45, 2.75) is 38.7 Å². The highest BCUT2D eigenvalue weighted by molar-refractivity contribution is 6.04. The number of amides is 2. The van der Waals surface area contributed by atoms with Gasteiger partial charge in [-0.25, -0.2) is 0 Å². The highest BCUT2D eigenvalue weighted by Gasteiger charge is 2.32. The highest BCUT2D eigenvalue weighted by atomic mass is 19.4. The van der Waals surface area contributed by atoms with E-state index in [4.69, 9.17) is 4.74 Å². The summed E-state index contributed by atoms with van der Waals surface area (Å²) in [4.78, 5) is 27.4. The van der Waals surface area contributed by atoms with E-state index in [1.54, 1.807) is 23.1 Å². The Kier molecular flexibility index (Phi) is 6.58. The fourth-order valence-electron chi connectivity index (χ4n) is 3.82. The number of nitrogens with one attached hydrogen (secondary N) is 1. The molecule has 2 amide bonds. The molecule has 0 fully saturated rings. The van der Waals surface area contributed by atoms with E-state index in [9.17, 15) is 22.8 Å². The van der Waals surface area contributed by atoms with Crippen LogP contribution in [0.15, 0.2) is 72.8 Å². The van der Waals surface area contributed by atoms with Gasteiger partial charge in [-0.05, 0) is 48.4 Å². The molecule has 0 spiro atoms. The number of benzene rings is 3. The molecule has 1 aliphatic rings. The number of rotatable bonds is 5. The van der Waals surface area contributed by atoms with Gasteiger partial charge in [0, 0.05) is 29.9 Å². The maximum absolute atomic E-state index is 13.0. The normalized spacial score (nSPS) is 15.8. The zero-order valence-electron chi connectivity index (χ0n) is 18.4. The lowest BCUT2D eigenvalue weighted by molar-refractivity contribution is -0.139. The van der Waals surface area contributed by atoms with E-state index in [0.29, 0.717) is 30.0 Å². The minimum Gasteiger partial charge on any atom is -0.480 e. The summed E-state index contributed by atoms with van der Waals surface area (Å²) in [6, 6.07) is 18.8. The number of carbonyl (C=O) groups excluding carboxylic acids is 2. The first-order valence-corrected chi connectivity index (χ1v) is 10.9. The number of hydrogen-bond acceptors (Lipinski definition) is 3.